The number of aryl methyl sites for hydroxylation is 2. The predicted molar refractivity (Wildman–Crippen MR) is 102 cm³/mol. The van der Waals surface area contributed by atoms with Crippen molar-refractivity contribution in [3.8, 4) is 11.6 Å². The van der Waals surface area contributed by atoms with E-state index in [0.717, 1.165) is 34.1 Å². The molecule has 0 aliphatic heterocycles. The summed E-state index contributed by atoms with van der Waals surface area (Å²) < 4.78 is 4.39. The van der Waals surface area contributed by atoms with E-state index in [4.69, 9.17) is 9.97 Å². The normalized spacial score (nSPS) is 15.5. The topological polar surface area (TPSA) is 48.5 Å². The van der Waals surface area contributed by atoms with Gasteiger partial charge in [-0.3, -0.25) is 4.98 Å². The first-order valence-electron chi connectivity index (χ1n) is 9.10. The first-order valence-corrected chi connectivity index (χ1v) is 9.10. The van der Waals surface area contributed by atoms with Crippen LogP contribution in [0, 0.1) is 12.8 Å². The molecular formula is C21H21N5. The molecule has 5 nitrogen and oxygen atoms in total. The van der Waals surface area contributed by atoms with E-state index in [1.54, 1.807) is 0 Å². The molecule has 1 aromatic carbocycles. The highest BCUT2D eigenvalue weighted by molar-refractivity contribution is 5.79. The maximum atomic E-state index is 4.85. The van der Waals surface area contributed by atoms with E-state index in [0.29, 0.717) is 5.92 Å². The molecule has 3 aromatic heterocycles. The van der Waals surface area contributed by atoms with Crippen molar-refractivity contribution in [2.24, 2.45) is 13.0 Å². The highest BCUT2D eigenvalue weighted by Crippen LogP contribution is 2.44. The first-order chi connectivity index (χ1) is 12.7. The number of fused-ring (bicyclic) bond motifs is 1. The van der Waals surface area contributed by atoms with Crippen LogP contribution in [0.15, 0.2) is 54.9 Å². The van der Waals surface area contributed by atoms with Crippen LogP contribution in [0.5, 0.6) is 0 Å². The van der Waals surface area contributed by atoms with Crippen molar-refractivity contribution >= 4 is 11.0 Å². The number of pyridine rings is 1. The summed E-state index contributed by atoms with van der Waals surface area (Å²) in [5.74, 6) is 2.42. The van der Waals surface area contributed by atoms with Gasteiger partial charge in [0.15, 0.2) is 11.6 Å². The Morgan fingerprint density at radius 2 is 1.85 bits per heavy atom. The molecule has 1 aliphatic rings. The van der Waals surface area contributed by atoms with Gasteiger partial charge in [0, 0.05) is 25.1 Å². The van der Waals surface area contributed by atoms with Crippen molar-refractivity contribution < 1.29 is 0 Å². The number of hydrogen-bond acceptors (Lipinski definition) is 3. The summed E-state index contributed by atoms with van der Waals surface area (Å²) in [5, 5.41) is 0. The molecule has 0 amide bonds. The summed E-state index contributed by atoms with van der Waals surface area (Å²) in [5.41, 5.74) is 4.29. The fourth-order valence-corrected chi connectivity index (χ4v) is 3.81. The van der Waals surface area contributed by atoms with Crippen LogP contribution < -0.4 is 0 Å². The average molecular weight is 343 g/mol. The number of aromatic nitrogens is 5. The number of hydrogen-bond donors (Lipinski definition) is 0. The van der Waals surface area contributed by atoms with E-state index in [-0.39, 0.29) is 6.04 Å². The van der Waals surface area contributed by atoms with Crippen LogP contribution >= 0.6 is 0 Å². The van der Waals surface area contributed by atoms with Crippen LogP contribution in [-0.4, -0.2) is 24.1 Å². The fraction of sp³-hybridized carbons (Fsp3) is 0.286. The largest absolute Gasteiger partial charge is 0.324 e. The quantitative estimate of drug-likeness (QED) is 0.559. The Labute approximate surface area is 152 Å². The summed E-state index contributed by atoms with van der Waals surface area (Å²) >= 11 is 0. The van der Waals surface area contributed by atoms with E-state index >= 15 is 0 Å². The molecule has 26 heavy (non-hydrogen) atoms. The zero-order valence-electron chi connectivity index (χ0n) is 15.0. The molecular weight excluding hydrogens is 322 g/mol. The van der Waals surface area contributed by atoms with E-state index in [1.807, 2.05) is 37.4 Å². The smallest absolute Gasteiger partial charge is 0.177 e. The Kier molecular flexibility index (Phi) is 3.42. The van der Waals surface area contributed by atoms with Crippen LogP contribution in [0.25, 0.3) is 22.7 Å². The van der Waals surface area contributed by atoms with Gasteiger partial charge in [0.2, 0.25) is 0 Å². The van der Waals surface area contributed by atoms with Gasteiger partial charge < -0.3 is 9.13 Å². The Morgan fingerprint density at radius 1 is 1.00 bits per heavy atom. The van der Waals surface area contributed by atoms with Gasteiger partial charge in [-0.1, -0.05) is 18.2 Å². The molecule has 0 N–H and O–H groups in total. The molecule has 0 radical (unpaired) electrons. The Bertz CT molecular complexity index is 1090. The van der Waals surface area contributed by atoms with E-state index in [1.165, 1.54) is 12.8 Å². The highest BCUT2D eigenvalue weighted by Gasteiger charge is 2.36. The number of para-hydroxylation sites is 2. The van der Waals surface area contributed by atoms with Crippen LogP contribution in [0.2, 0.25) is 0 Å². The van der Waals surface area contributed by atoms with Gasteiger partial charge in [0.05, 0.1) is 22.8 Å². The highest BCUT2D eigenvalue weighted by atomic mass is 15.2. The summed E-state index contributed by atoms with van der Waals surface area (Å²) in [6.45, 7) is 2.05. The van der Waals surface area contributed by atoms with Crippen LogP contribution in [0.3, 0.4) is 0 Å². The molecule has 1 atom stereocenters. The monoisotopic (exact) mass is 343 g/mol. The molecule has 5 heteroatoms. The lowest BCUT2D eigenvalue weighted by Gasteiger charge is -2.20. The van der Waals surface area contributed by atoms with Gasteiger partial charge in [0.25, 0.3) is 0 Å². The second kappa shape index (κ2) is 5.80. The maximum absolute atomic E-state index is 4.85. The van der Waals surface area contributed by atoms with Crippen molar-refractivity contribution in [3.63, 3.8) is 0 Å². The standard InChI is InChI=1S/C21H21N5/c1-14-6-5-8-17(23-14)19(15-10-11-15)26-13-12-22-20(26)21-24-16-7-3-4-9-18(16)25(21)2/h3-9,12-13,15,19H,10-11H2,1-2H3/t19-/m0/s1. The van der Waals surface area contributed by atoms with Crippen molar-refractivity contribution in [2.45, 2.75) is 25.8 Å². The van der Waals surface area contributed by atoms with E-state index < -0.39 is 0 Å². The van der Waals surface area contributed by atoms with Gasteiger partial charge in [0.1, 0.15) is 0 Å². The van der Waals surface area contributed by atoms with Gasteiger partial charge >= 0.3 is 0 Å². The first kappa shape index (κ1) is 15.3. The Balaban J connectivity index is 1.67. The lowest BCUT2D eigenvalue weighted by atomic mass is 10.1. The minimum atomic E-state index is 0.215. The molecule has 0 saturated heterocycles. The van der Waals surface area contributed by atoms with Crippen molar-refractivity contribution in [1.29, 1.82) is 0 Å². The maximum Gasteiger partial charge on any atom is 0.177 e. The molecule has 4 aromatic rings. The van der Waals surface area contributed by atoms with Gasteiger partial charge in [-0.15, -0.1) is 0 Å². The zero-order valence-corrected chi connectivity index (χ0v) is 15.0. The average Bonchev–Trinajstić information content (AvgIpc) is 3.27. The molecule has 0 bridgehead atoms. The van der Waals surface area contributed by atoms with Gasteiger partial charge in [-0.25, -0.2) is 9.97 Å². The third-order valence-electron chi connectivity index (χ3n) is 5.24. The van der Waals surface area contributed by atoms with E-state index in [9.17, 15) is 0 Å². The molecule has 0 spiro atoms. The summed E-state index contributed by atoms with van der Waals surface area (Å²) in [7, 11) is 2.06. The molecule has 1 aliphatic carbocycles. The lowest BCUT2D eigenvalue weighted by molar-refractivity contribution is 0.508. The number of benzene rings is 1. The second-order valence-corrected chi connectivity index (χ2v) is 7.13. The van der Waals surface area contributed by atoms with Crippen LogP contribution in [-0.2, 0) is 7.05 Å². The number of imidazole rings is 2. The SMILES string of the molecule is Cc1cccc([C@H](C2CC2)n2ccnc2-c2nc3ccccc3n2C)n1. The minimum Gasteiger partial charge on any atom is -0.324 e. The summed E-state index contributed by atoms with van der Waals surface area (Å²) in [6, 6.07) is 14.7. The molecule has 5 rings (SSSR count). The summed E-state index contributed by atoms with van der Waals surface area (Å²) in [4.78, 5) is 14.3. The van der Waals surface area contributed by atoms with Crippen molar-refractivity contribution in [3.05, 3.63) is 66.2 Å². The number of rotatable bonds is 4. The van der Waals surface area contributed by atoms with Crippen LogP contribution in [0.4, 0.5) is 0 Å². The Hall–Kier alpha value is -2.95. The molecule has 1 fully saturated rings. The zero-order chi connectivity index (χ0) is 17.7. The van der Waals surface area contributed by atoms with Crippen LogP contribution in [0.1, 0.15) is 30.3 Å². The molecule has 1 saturated carbocycles. The summed E-state index contributed by atoms with van der Waals surface area (Å²) in [6.07, 6.45) is 6.42. The molecule has 0 unspecified atom stereocenters. The molecule has 3 heterocycles. The minimum absolute atomic E-state index is 0.215. The molecule has 130 valence electrons. The van der Waals surface area contributed by atoms with E-state index in [2.05, 4.69) is 45.6 Å². The van der Waals surface area contributed by atoms with Gasteiger partial charge in [-0.2, -0.15) is 0 Å². The van der Waals surface area contributed by atoms with Crippen molar-refractivity contribution in [2.75, 3.05) is 0 Å². The fourth-order valence-electron chi connectivity index (χ4n) is 3.81. The Morgan fingerprint density at radius 3 is 2.62 bits per heavy atom. The van der Waals surface area contributed by atoms with Gasteiger partial charge in [-0.05, 0) is 49.9 Å². The third-order valence-corrected chi connectivity index (χ3v) is 5.24. The second-order valence-electron chi connectivity index (χ2n) is 7.13. The predicted octanol–water partition coefficient (Wildman–Crippen LogP) is 4.14. The van der Waals surface area contributed by atoms with Crippen molar-refractivity contribution in [1.82, 2.24) is 24.1 Å². The lowest BCUT2D eigenvalue weighted by Crippen LogP contribution is -2.16. The number of nitrogens with zero attached hydrogens (tertiary/aromatic N) is 5. The third kappa shape index (κ3) is 2.43.